The Bertz CT molecular complexity index is 515. The van der Waals surface area contributed by atoms with Gasteiger partial charge < -0.3 is 0 Å². The van der Waals surface area contributed by atoms with E-state index in [0.29, 0.717) is 16.2 Å². The Morgan fingerprint density at radius 1 is 1.06 bits per heavy atom. The van der Waals surface area contributed by atoms with Crippen molar-refractivity contribution in [1.82, 2.24) is 14.8 Å². The Hall–Kier alpha value is -1.06. The van der Waals surface area contributed by atoms with Gasteiger partial charge in [0.25, 0.3) is 0 Å². The fraction of sp³-hybridized carbons (Fsp3) is 0.273. The van der Waals surface area contributed by atoms with Crippen LogP contribution in [0, 0.1) is 0 Å². The molecule has 0 atom stereocenters. The number of nitrogens with zero attached hydrogens (tertiary/aromatic N) is 3. The standard InChI is InChI=1S/C11H9Cl2N3/c12-8-3-5-9(6-4-8)16-10(7-1-2-7)14-15-11(16)13/h3-7H,1-2H2. The Kier molecular flexibility index (Phi) is 2.37. The molecule has 5 heteroatoms. The predicted molar refractivity (Wildman–Crippen MR) is 63.4 cm³/mol. The minimum Gasteiger partial charge on any atom is -0.270 e. The van der Waals surface area contributed by atoms with Crippen molar-refractivity contribution in [3.8, 4) is 5.69 Å². The summed E-state index contributed by atoms with van der Waals surface area (Å²) >= 11 is 11.9. The first kappa shape index (κ1) is 10.1. The molecule has 82 valence electrons. The summed E-state index contributed by atoms with van der Waals surface area (Å²) in [5.41, 5.74) is 0.960. The molecule has 3 nitrogen and oxygen atoms in total. The minimum absolute atomic E-state index is 0.407. The van der Waals surface area contributed by atoms with Gasteiger partial charge in [-0.3, -0.25) is 4.57 Å². The van der Waals surface area contributed by atoms with Crippen LogP contribution in [0.25, 0.3) is 5.69 Å². The van der Waals surface area contributed by atoms with Gasteiger partial charge in [0.1, 0.15) is 5.82 Å². The molecule has 0 N–H and O–H groups in total. The van der Waals surface area contributed by atoms with Gasteiger partial charge in [-0.1, -0.05) is 11.6 Å². The first-order chi connectivity index (χ1) is 7.75. The van der Waals surface area contributed by atoms with Crippen molar-refractivity contribution < 1.29 is 0 Å². The fourth-order valence-corrected chi connectivity index (χ4v) is 2.06. The average Bonchev–Trinajstić information content (AvgIpc) is 3.05. The van der Waals surface area contributed by atoms with Crippen molar-refractivity contribution in [3.63, 3.8) is 0 Å². The molecule has 16 heavy (non-hydrogen) atoms. The van der Waals surface area contributed by atoms with Crippen LogP contribution in [-0.4, -0.2) is 14.8 Å². The molecule has 1 heterocycles. The lowest BCUT2D eigenvalue weighted by molar-refractivity contribution is 0.872. The van der Waals surface area contributed by atoms with Gasteiger partial charge in [-0.05, 0) is 48.7 Å². The second kappa shape index (κ2) is 3.75. The summed E-state index contributed by atoms with van der Waals surface area (Å²) < 4.78 is 1.88. The molecule has 0 bridgehead atoms. The zero-order chi connectivity index (χ0) is 11.1. The molecule has 0 saturated heterocycles. The monoisotopic (exact) mass is 253 g/mol. The molecule has 3 rings (SSSR count). The summed E-state index contributed by atoms with van der Waals surface area (Å²) in [6, 6.07) is 7.51. The zero-order valence-corrected chi connectivity index (χ0v) is 9.91. The number of aromatic nitrogens is 3. The number of rotatable bonds is 2. The molecular formula is C11H9Cl2N3. The first-order valence-electron chi connectivity index (χ1n) is 5.12. The summed E-state index contributed by atoms with van der Waals surface area (Å²) in [6.45, 7) is 0. The minimum atomic E-state index is 0.407. The molecule has 0 amide bonds. The van der Waals surface area contributed by atoms with Crippen molar-refractivity contribution in [1.29, 1.82) is 0 Å². The molecule has 1 saturated carbocycles. The smallest absolute Gasteiger partial charge is 0.229 e. The van der Waals surface area contributed by atoms with Gasteiger partial charge in [0.05, 0.1) is 0 Å². The Labute approximate surface area is 103 Å². The predicted octanol–water partition coefficient (Wildman–Crippen LogP) is 3.45. The van der Waals surface area contributed by atoms with E-state index in [-0.39, 0.29) is 0 Å². The van der Waals surface area contributed by atoms with Gasteiger partial charge in [0, 0.05) is 16.6 Å². The molecule has 2 aromatic rings. The molecule has 1 aliphatic rings. The van der Waals surface area contributed by atoms with Gasteiger partial charge in [-0.2, -0.15) is 0 Å². The van der Waals surface area contributed by atoms with Crippen LogP contribution in [0.4, 0.5) is 0 Å². The van der Waals surface area contributed by atoms with E-state index in [9.17, 15) is 0 Å². The average molecular weight is 254 g/mol. The molecule has 1 aromatic heterocycles. The third kappa shape index (κ3) is 1.70. The second-order valence-electron chi connectivity index (χ2n) is 3.91. The van der Waals surface area contributed by atoms with Crippen LogP contribution in [0.3, 0.4) is 0 Å². The van der Waals surface area contributed by atoms with E-state index >= 15 is 0 Å². The summed E-state index contributed by atoms with van der Waals surface area (Å²) in [5.74, 6) is 1.46. The van der Waals surface area contributed by atoms with Gasteiger partial charge in [0.2, 0.25) is 5.28 Å². The van der Waals surface area contributed by atoms with E-state index in [4.69, 9.17) is 23.2 Å². The van der Waals surface area contributed by atoms with E-state index in [1.54, 1.807) is 0 Å². The lowest BCUT2D eigenvalue weighted by Crippen LogP contribution is -1.99. The third-order valence-corrected chi connectivity index (χ3v) is 3.17. The largest absolute Gasteiger partial charge is 0.270 e. The lowest BCUT2D eigenvalue weighted by Gasteiger charge is -2.06. The SMILES string of the molecule is Clc1ccc(-n2c(Cl)nnc2C2CC2)cc1. The van der Waals surface area contributed by atoms with Crippen LogP contribution in [0.2, 0.25) is 10.3 Å². The highest BCUT2D eigenvalue weighted by atomic mass is 35.5. The molecule has 1 fully saturated rings. The summed E-state index contributed by atoms with van der Waals surface area (Å²) in [5, 5.41) is 9.16. The van der Waals surface area contributed by atoms with E-state index in [2.05, 4.69) is 10.2 Å². The Morgan fingerprint density at radius 3 is 2.38 bits per heavy atom. The van der Waals surface area contributed by atoms with Crippen molar-refractivity contribution in [2.75, 3.05) is 0 Å². The van der Waals surface area contributed by atoms with Crippen LogP contribution >= 0.6 is 23.2 Å². The molecule has 1 aromatic carbocycles. The van der Waals surface area contributed by atoms with E-state index in [1.807, 2.05) is 28.8 Å². The van der Waals surface area contributed by atoms with Gasteiger partial charge in [0.15, 0.2) is 0 Å². The van der Waals surface area contributed by atoms with Crippen LogP contribution < -0.4 is 0 Å². The number of benzene rings is 1. The van der Waals surface area contributed by atoms with Gasteiger partial charge in [-0.15, -0.1) is 10.2 Å². The number of halogens is 2. The maximum atomic E-state index is 6.05. The molecule has 0 radical (unpaired) electrons. The van der Waals surface area contributed by atoms with Crippen molar-refractivity contribution in [3.05, 3.63) is 40.4 Å². The van der Waals surface area contributed by atoms with Crippen molar-refractivity contribution in [2.24, 2.45) is 0 Å². The van der Waals surface area contributed by atoms with Crippen molar-refractivity contribution >= 4 is 23.2 Å². The lowest BCUT2D eigenvalue weighted by atomic mass is 10.3. The summed E-state index contributed by atoms with van der Waals surface area (Å²) in [7, 11) is 0. The molecule has 0 aliphatic heterocycles. The second-order valence-corrected chi connectivity index (χ2v) is 4.69. The first-order valence-corrected chi connectivity index (χ1v) is 5.88. The van der Waals surface area contributed by atoms with E-state index in [1.165, 1.54) is 12.8 Å². The summed E-state index contributed by atoms with van der Waals surface area (Å²) in [4.78, 5) is 0. The highest BCUT2D eigenvalue weighted by molar-refractivity contribution is 6.30. The number of hydrogen-bond donors (Lipinski definition) is 0. The van der Waals surface area contributed by atoms with Crippen LogP contribution in [0.15, 0.2) is 24.3 Å². The third-order valence-electron chi connectivity index (χ3n) is 2.68. The van der Waals surface area contributed by atoms with Gasteiger partial charge in [-0.25, -0.2) is 0 Å². The maximum Gasteiger partial charge on any atom is 0.229 e. The molecule has 1 aliphatic carbocycles. The molecule has 0 spiro atoms. The normalized spacial score (nSPS) is 15.4. The Balaban J connectivity index is 2.10. The fourth-order valence-electron chi connectivity index (χ4n) is 1.71. The highest BCUT2D eigenvalue weighted by Gasteiger charge is 2.30. The highest BCUT2D eigenvalue weighted by Crippen LogP contribution is 2.40. The number of hydrogen-bond acceptors (Lipinski definition) is 2. The van der Waals surface area contributed by atoms with Crippen LogP contribution in [-0.2, 0) is 0 Å². The summed E-state index contributed by atoms with van der Waals surface area (Å²) in [6.07, 6.45) is 2.34. The Morgan fingerprint density at radius 2 is 1.75 bits per heavy atom. The van der Waals surface area contributed by atoms with E-state index in [0.717, 1.165) is 11.5 Å². The topological polar surface area (TPSA) is 30.7 Å². The van der Waals surface area contributed by atoms with Crippen molar-refractivity contribution in [2.45, 2.75) is 18.8 Å². The van der Waals surface area contributed by atoms with Crippen LogP contribution in [0.5, 0.6) is 0 Å². The van der Waals surface area contributed by atoms with Gasteiger partial charge >= 0.3 is 0 Å². The molecular weight excluding hydrogens is 245 g/mol. The van der Waals surface area contributed by atoms with E-state index < -0.39 is 0 Å². The quantitative estimate of drug-likeness (QED) is 0.821. The molecule has 0 unspecified atom stereocenters. The zero-order valence-electron chi connectivity index (χ0n) is 8.40. The maximum absolute atomic E-state index is 6.05. The van der Waals surface area contributed by atoms with Crippen LogP contribution in [0.1, 0.15) is 24.6 Å².